The summed E-state index contributed by atoms with van der Waals surface area (Å²) < 4.78 is 44.1. The Labute approximate surface area is 226 Å². The van der Waals surface area contributed by atoms with Crippen molar-refractivity contribution >= 4 is 23.0 Å². The highest BCUT2D eigenvalue weighted by Gasteiger charge is 2.21. The molecule has 0 saturated carbocycles. The second-order valence-electron chi connectivity index (χ2n) is 9.15. The summed E-state index contributed by atoms with van der Waals surface area (Å²) in [6.45, 7) is 3.36. The van der Waals surface area contributed by atoms with Crippen molar-refractivity contribution in [3.8, 4) is 28.7 Å². The fraction of sp³-hybridized carbons (Fsp3) is 0.357. The van der Waals surface area contributed by atoms with Crippen LogP contribution in [0.3, 0.4) is 0 Å². The molecule has 206 valence electrons. The number of halogens is 1. The van der Waals surface area contributed by atoms with Crippen LogP contribution >= 0.6 is 0 Å². The highest BCUT2D eigenvalue weighted by atomic mass is 19.1. The van der Waals surface area contributed by atoms with Crippen LogP contribution in [0.25, 0.3) is 5.65 Å². The maximum Gasteiger partial charge on any atom is 0.203 e. The minimum atomic E-state index is -0.432. The van der Waals surface area contributed by atoms with Gasteiger partial charge in [-0.3, -0.25) is 0 Å². The fourth-order valence-corrected chi connectivity index (χ4v) is 4.71. The van der Waals surface area contributed by atoms with Gasteiger partial charge in [0.05, 0.1) is 33.2 Å². The van der Waals surface area contributed by atoms with E-state index in [4.69, 9.17) is 28.7 Å². The highest BCUT2D eigenvalue weighted by Crippen LogP contribution is 2.41. The highest BCUT2D eigenvalue weighted by molar-refractivity contribution is 5.72. The molecule has 0 spiro atoms. The van der Waals surface area contributed by atoms with E-state index in [0.29, 0.717) is 60.0 Å². The van der Waals surface area contributed by atoms with Crippen molar-refractivity contribution in [2.75, 3.05) is 51.8 Å². The molecular weight excluding hydrogens is 505 g/mol. The molecule has 11 heteroatoms. The molecule has 0 aliphatic carbocycles. The average molecular weight is 538 g/mol. The van der Waals surface area contributed by atoms with E-state index >= 15 is 0 Å². The first-order valence-electron chi connectivity index (χ1n) is 12.7. The van der Waals surface area contributed by atoms with E-state index in [1.165, 1.54) is 12.1 Å². The molecule has 4 aromatic rings. The van der Waals surface area contributed by atoms with Crippen LogP contribution < -0.4 is 33.9 Å². The van der Waals surface area contributed by atoms with Gasteiger partial charge in [0, 0.05) is 37.4 Å². The standard InChI is InChI=1S/C28H32FN5O5/c1-6-7-18-15-30-34-25(33(2)16-17-10-21(35-3)27(37-5)22(11-17)36-4)14-24(32-28(18)34)31-20-12-19(29)13-23-26(20)39-9-8-38-23/h10-15H,6-9,16H2,1-5H3,(H,31,32). The first-order valence-corrected chi connectivity index (χ1v) is 12.7. The van der Waals surface area contributed by atoms with E-state index in [9.17, 15) is 4.39 Å². The lowest BCUT2D eigenvalue weighted by Crippen LogP contribution is -2.21. The molecule has 0 fully saturated rings. The third-order valence-corrected chi connectivity index (χ3v) is 6.45. The van der Waals surface area contributed by atoms with Crippen LogP contribution in [0.2, 0.25) is 0 Å². The Bertz CT molecular complexity index is 1470. The Kier molecular flexibility index (Phi) is 7.49. The zero-order valence-corrected chi connectivity index (χ0v) is 22.7. The van der Waals surface area contributed by atoms with Crippen LogP contribution in [0.1, 0.15) is 24.5 Å². The van der Waals surface area contributed by atoms with E-state index < -0.39 is 5.82 Å². The van der Waals surface area contributed by atoms with Crippen LogP contribution in [0.5, 0.6) is 28.7 Å². The van der Waals surface area contributed by atoms with Crippen molar-refractivity contribution in [1.82, 2.24) is 14.6 Å². The number of rotatable bonds is 10. The number of anilines is 3. The molecule has 0 saturated heterocycles. The van der Waals surface area contributed by atoms with Crippen molar-refractivity contribution in [2.45, 2.75) is 26.3 Å². The van der Waals surface area contributed by atoms with Gasteiger partial charge in [-0.25, -0.2) is 9.37 Å². The van der Waals surface area contributed by atoms with Gasteiger partial charge in [0.15, 0.2) is 28.6 Å². The molecule has 10 nitrogen and oxygen atoms in total. The summed E-state index contributed by atoms with van der Waals surface area (Å²) in [5.41, 5.74) is 3.12. The quantitative estimate of drug-likeness (QED) is 0.300. The second kappa shape index (κ2) is 11.1. The number of hydrogen-bond acceptors (Lipinski definition) is 9. The summed E-state index contributed by atoms with van der Waals surface area (Å²) in [6, 6.07) is 8.40. The Morgan fingerprint density at radius 3 is 2.46 bits per heavy atom. The fourth-order valence-electron chi connectivity index (χ4n) is 4.71. The zero-order valence-electron chi connectivity index (χ0n) is 22.7. The van der Waals surface area contributed by atoms with Gasteiger partial charge in [-0.2, -0.15) is 9.61 Å². The van der Waals surface area contributed by atoms with Crippen LogP contribution in [0.15, 0.2) is 36.5 Å². The topological polar surface area (TPSA) is 91.6 Å². The predicted octanol–water partition coefficient (Wildman–Crippen LogP) is 5.00. The SMILES string of the molecule is CCCc1cnn2c(N(C)Cc3cc(OC)c(OC)c(OC)c3)cc(Nc3cc(F)cc4c3OCCO4)nc12. The Morgan fingerprint density at radius 2 is 1.77 bits per heavy atom. The van der Waals surface area contributed by atoms with Crippen molar-refractivity contribution in [2.24, 2.45) is 0 Å². The molecule has 0 bridgehead atoms. The number of ether oxygens (including phenoxy) is 5. The van der Waals surface area contributed by atoms with E-state index in [-0.39, 0.29) is 0 Å². The van der Waals surface area contributed by atoms with Crippen LogP contribution in [-0.4, -0.2) is 56.2 Å². The number of nitrogens with zero attached hydrogens (tertiary/aromatic N) is 4. The lowest BCUT2D eigenvalue weighted by atomic mass is 10.1. The van der Waals surface area contributed by atoms with Crippen LogP contribution in [0.4, 0.5) is 21.7 Å². The Hall–Kier alpha value is -4.41. The van der Waals surface area contributed by atoms with E-state index in [1.807, 2.05) is 40.9 Å². The summed E-state index contributed by atoms with van der Waals surface area (Å²) in [5, 5.41) is 7.89. The van der Waals surface area contributed by atoms with Crippen LogP contribution in [0, 0.1) is 5.82 Å². The normalized spacial score (nSPS) is 12.4. The van der Waals surface area contributed by atoms with Crippen molar-refractivity contribution < 1.29 is 28.1 Å². The first kappa shape index (κ1) is 26.2. The lowest BCUT2D eigenvalue weighted by Gasteiger charge is -2.24. The minimum Gasteiger partial charge on any atom is -0.493 e. The van der Waals surface area contributed by atoms with Gasteiger partial charge in [-0.05, 0) is 24.1 Å². The largest absolute Gasteiger partial charge is 0.493 e. The molecule has 0 unspecified atom stereocenters. The van der Waals surface area contributed by atoms with Gasteiger partial charge in [0.1, 0.15) is 30.7 Å². The number of aromatic nitrogens is 3. The average Bonchev–Trinajstić information content (AvgIpc) is 3.34. The van der Waals surface area contributed by atoms with Crippen molar-refractivity contribution in [1.29, 1.82) is 0 Å². The lowest BCUT2D eigenvalue weighted by molar-refractivity contribution is 0.172. The predicted molar refractivity (Wildman–Crippen MR) is 146 cm³/mol. The van der Waals surface area contributed by atoms with Gasteiger partial charge < -0.3 is 33.9 Å². The summed E-state index contributed by atoms with van der Waals surface area (Å²) in [5.74, 6) is 3.37. The molecule has 0 amide bonds. The van der Waals surface area contributed by atoms with Gasteiger partial charge >= 0.3 is 0 Å². The third kappa shape index (κ3) is 5.16. The van der Waals surface area contributed by atoms with Gasteiger partial charge in [-0.1, -0.05) is 13.3 Å². The molecule has 1 aliphatic rings. The molecule has 1 aliphatic heterocycles. The molecule has 0 atom stereocenters. The molecule has 39 heavy (non-hydrogen) atoms. The number of nitrogens with one attached hydrogen (secondary N) is 1. The molecule has 2 aromatic heterocycles. The molecule has 2 aromatic carbocycles. The summed E-state index contributed by atoms with van der Waals surface area (Å²) >= 11 is 0. The number of fused-ring (bicyclic) bond motifs is 2. The summed E-state index contributed by atoms with van der Waals surface area (Å²) in [7, 11) is 6.72. The zero-order chi connectivity index (χ0) is 27.5. The molecule has 0 radical (unpaired) electrons. The number of benzene rings is 2. The number of hydrogen-bond donors (Lipinski definition) is 1. The van der Waals surface area contributed by atoms with Crippen molar-refractivity contribution in [3.05, 3.63) is 53.5 Å². The van der Waals surface area contributed by atoms with Gasteiger partial charge in [0.25, 0.3) is 0 Å². The minimum absolute atomic E-state index is 0.362. The van der Waals surface area contributed by atoms with Crippen molar-refractivity contribution in [3.63, 3.8) is 0 Å². The Morgan fingerprint density at radius 1 is 1.03 bits per heavy atom. The van der Waals surface area contributed by atoms with E-state index in [2.05, 4.69) is 17.3 Å². The maximum absolute atomic E-state index is 14.4. The maximum atomic E-state index is 14.4. The number of aryl methyl sites for hydroxylation is 1. The van der Waals surface area contributed by atoms with Crippen LogP contribution in [-0.2, 0) is 13.0 Å². The molecule has 1 N–H and O–H groups in total. The molecule has 5 rings (SSSR count). The molecular formula is C28H32FN5O5. The van der Waals surface area contributed by atoms with E-state index in [1.54, 1.807) is 21.3 Å². The summed E-state index contributed by atoms with van der Waals surface area (Å²) in [6.07, 6.45) is 3.61. The number of methoxy groups -OCH3 is 3. The van der Waals surface area contributed by atoms with Gasteiger partial charge in [-0.15, -0.1) is 0 Å². The van der Waals surface area contributed by atoms with E-state index in [0.717, 1.165) is 35.4 Å². The third-order valence-electron chi connectivity index (χ3n) is 6.45. The second-order valence-corrected chi connectivity index (χ2v) is 9.15. The monoisotopic (exact) mass is 537 g/mol. The Balaban J connectivity index is 1.55. The van der Waals surface area contributed by atoms with Gasteiger partial charge in [0.2, 0.25) is 5.75 Å². The first-order chi connectivity index (χ1) is 18.9. The molecule has 3 heterocycles. The smallest absolute Gasteiger partial charge is 0.203 e. The summed E-state index contributed by atoms with van der Waals surface area (Å²) in [4.78, 5) is 6.89.